The number of halogens is 1. The first-order valence-corrected chi connectivity index (χ1v) is 6.84. The molecule has 5 nitrogen and oxygen atoms in total. The molecule has 0 saturated carbocycles. The van der Waals surface area contributed by atoms with E-state index in [9.17, 15) is 9.59 Å². The summed E-state index contributed by atoms with van der Waals surface area (Å²) in [5.74, 6) is -0.410. The van der Waals surface area contributed by atoms with Gasteiger partial charge in [-0.25, -0.2) is 0 Å². The van der Waals surface area contributed by atoms with Gasteiger partial charge in [0.2, 0.25) is 0 Å². The molecule has 1 saturated heterocycles. The van der Waals surface area contributed by atoms with Gasteiger partial charge in [0.25, 0.3) is 0 Å². The zero-order valence-electron chi connectivity index (χ0n) is 11.0. The molecule has 18 heavy (non-hydrogen) atoms. The average Bonchev–Trinajstić information content (AvgIpc) is 2.27. The molecule has 0 spiro atoms. The molecule has 6 heteroatoms. The zero-order valence-corrected chi connectivity index (χ0v) is 12.6. The first-order valence-electron chi connectivity index (χ1n) is 5.93. The van der Waals surface area contributed by atoms with Gasteiger partial charge in [-0.05, 0) is 5.92 Å². The molecule has 104 valence electrons. The molecule has 1 fully saturated rings. The summed E-state index contributed by atoms with van der Waals surface area (Å²) in [6.07, 6.45) is -0.522. The highest BCUT2D eigenvalue weighted by Crippen LogP contribution is 2.35. The molecule has 1 rings (SSSR count). The second-order valence-corrected chi connectivity index (χ2v) is 5.52. The molecule has 5 unspecified atom stereocenters. The van der Waals surface area contributed by atoms with Crippen LogP contribution in [0, 0.1) is 11.8 Å². The Morgan fingerprint density at radius 3 is 2.28 bits per heavy atom. The van der Waals surface area contributed by atoms with Crippen molar-refractivity contribution in [1.29, 1.82) is 0 Å². The average molecular weight is 323 g/mol. The van der Waals surface area contributed by atoms with E-state index >= 15 is 0 Å². The van der Waals surface area contributed by atoms with Crippen LogP contribution in [-0.4, -0.2) is 35.8 Å². The van der Waals surface area contributed by atoms with E-state index in [1.807, 2.05) is 13.8 Å². The first-order chi connectivity index (χ1) is 8.32. The summed E-state index contributed by atoms with van der Waals surface area (Å²) in [4.78, 5) is 21.8. The van der Waals surface area contributed by atoms with Crippen molar-refractivity contribution in [3.63, 3.8) is 0 Å². The van der Waals surface area contributed by atoms with Crippen molar-refractivity contribution in [1.82, 2.24) is 0 Å². The van der Waals surface area contributed by atoms with Crippen LogP contribution in [0.5, 0.6) is 0 Å². The van der Waals surface area contributed by atoms with E-state index < -0.39 is 0 Å². The van der Waals surface area contributed by atoms with Crippen molar-refractivity contribution in [3.05, 3.63) is 0 Å². The Bertz CT molecular complexity index is 318. The van der Waals surface area contributed by atoms with Gasteiger partial charge in [-0.1, -0.05) is 29.8 Å². The fourth-order valence-electron chi connectivity index (χ4n) is 1.99. The number of rotatable bonds is 3. The second kappa shape index (κ2) is 6.52. The van der Waals surface area contributed by atoms with E-state index in [4.69, 9.17) is 14.2 Å². The lowest BCUT2D eigenvalue weighted by molar-refractivity contribution is -0.183. The minimum Gasteiger partial charge on any atom is -0.463 e. The van der Waals surface area contributed by atoms with Gasteiger partial charge in [-0.2, -0.15) is 0 Å². The van der Waals surface area contributed by atoms with E-state index in [-0.39, 0.29) is 47.6 Å². The molecule has 1 aliphatic heterocycles. The summed E-state index contributed by atoms with van der Waals surface area (Å²) in [6, 6.07) is 0. The second-order valence-electron chi connectivity index (χ2n) is 4.62. The molecule has 1 aliphatic rings. The molecule has 0 aromatic heterocycles. The maximum atomic E-state index is 11.0. The molecule has 0 bridgehead atoms. The predicted octanol–water partition coefficient (Wildman–Crippen LogP) is 1.87. The third kappa shape index (κ3) is 3.95. The molecule has 0 aromatic rings. The Balaban J connectivity index is 2.64. The first kappa shape index (κ1) is 15.4. The van der Waals surface area contributed by atoms with Crippen LogP contribution in [0.2, 0.25) is 0 Å². The lowest BCUT2D eigenvalue weighted by atomic mass is 9.84. The van der Waals surface area contributed by atoms with Gasteiger partial charge < -0.3 is 14.2 Å². The van der Waals surface area contributed by atoms with E-state index in [1.54, 1.807) is 0 Å². The van der Waals surface area contributed by atoms with E-state index in [0.29, 0.717) is 0 Å². The number of carbonyl (C=O) groups excluding carboxylic acids is 2. The number of carbonyl (C=O) groups is 2. The maximum absolute atomic E-state index is 11.0. The molecule has 0 aliphatic carbocycles. The topological polar surface area (TPSA) is 61.8 Å². The molecule has 0 aromatic carbocycles. The summed E-state index contributed by atoms with van der Waals surface area (Å²) in [7, 11) is 0. The van der Waals surface area contributed by atoms with Crippen molar-refractivity contribution >= 4 is 27.9 Å². The van der Waals surface area contributed by atoms with Gasteiger partial charge in [0, 0.05) is 19.8 Å². The molecule has 1 heterocycles. The minimum atomic E-state index is -0.381. The van der Waals surface area contributed by atoms with E-state index in [0.717, 1.165) is 0 Å². The lowest BCUT2D eigenvalue weighted by Crippen LogP contribution is -2.50. The minimum absolute atomic E-state index is 0.118. The van der Waals surface area contributed by atoms with E-state index in [1.165, 1.54) is 13.8 Å². The number of hydrogen-bond acceptors (Lipinski definition) is 5. The number of alkyl halides is 1. The van der Waals surface area contributed by atoms with Gasteiger partial charge >= 0.3 is 11.9 Å². The standard InChI is InChI=1S/C12H19BrO5/c1-6-7(2)11(17-9(4)15)12(13)18-10(6)5-16-8(3)14/h6-7,10-12H,5H2,1-4H3. The summed E-state index contributed by atoms with van der Waals surface area (Å²) in [5, 5.41) is -0.381. The summed E-state index contributed by atoms with van der Waals surface area (Å²) in [5.41, 5.74) is 0. The van der Waals surface area contributed by atoms with Crippen LogP contribution in [-0.2, 0) is 23.8 Å². The monoisotopic (exact) mass is 322 g/mol. The quantitative estimate of drug-likeness (QED) is 0.586. The van der Waals surface area contributed by atoms with Crippen LogP contribution in [0.3, 0.4) is 0 Å². The van der Waals surface area contributed by atoms with Crippen LogP contribution in [0.4, 0.5) is 0 Å². The fraction of sp³-hybridized carbons (Fsp3) is 0.833. The van der Waals surface area contributed by atoms with Crippen LogP contribution in [0.15, 0.2) is 0 Å². The molecule has 5 atom stereocenters. The molecular weight excluding hydrogens is 304 g/mol. The van der Waals surface area contributed by atoms with Gasteiger partial charge in [0.1, 0.15) is 17.7 Å². The van der Waals surface area contributed by atoms with Crippen molar-refractivity contribution in [2.75, 3.05) is 6.61 Å². The lowest BCUT2D eigenvalue weighted by Gasteiger charge is -2.41. The van der Waals surface area contributed by atoms with Crippen molar-refractivity contribution < 1.29 is 23.8 Å². The number of esters is 2. The SMILES string of the molecule is CC(=O)OCC1OC(Br)C(OC(C)=O)C(C)C1C. The van der Waals surface area contributed by atoms with Crippen molar-refractivity contribution in [2.24, 2.45) is 11.8 Å². The third-order valence-electron chi connectivity index (χ3n) is 3.25. The highest BCUT2D eigenvalue weighted by molar-refractivity contribution is 9.09. The number of hydrogen-bond donors (Lipinski definition) is 0. The fourth-order valence-corrected chi connectivity index (χ4v) is 2.85. The van der Waals surface area contributed by atoms with Crippen molar-refractivity contribution in [2.45, 2.75) is 44.9 Å². The highest BCUT2D eigenvalue weighted by atomic mass is 79.9. The largest absolute Gasteiger partial charge is 0.463 e. The Morgan fingerprint density at radius 1 is 1.17 bits per heavy atom. The predicted molar refractivity (Wildman–Crippen MR) is 68.1 cm³/mol. The van der Waals surface area contributed by atoms with Crippen LogP contribution in [0.1, 0.15) is 27.7 Å². The van der Waals surface area contributed by atoms with Gasteiger partial charge in [-0.3, -0.25) is 9.59 Å². The highest BCUT2D eigenvalue weighted by Gasteiger charge is 2.42. The molecule has 0 amide bonds. The number of ether oxygens (including phenoxy) is 3. The van der Waals surface area contributed by atoms with E-state index in [2.05, 4.69) is 15.9 Å². The summed E-state index contributed by atoms with van der Waals surface area (Å²) < 4.78 is 15.9. The molecule has 0 N–H and O–H groups in total. The van der Waals surface area contributed by atoms with Crippen LogP contribution >= 0.6 is 15.9 Å². The van der Waals surface area contributed by atoms with Crippen molar-refractivity contribution in [3.8, 4) is 0 Å². The third-order valence-corrected chi connectivity index (χ3v) is 3.99. The Hall–Kier alpha value is -0.620. The zero-order chi connectivity index (χ0) is 13.9. The Labute approximate surface area is 115 Å². The summed E-state index contributed by atoms with van der Waals surface area (Å²) >= 11 is 3.36. The molecule has 0 radical (unpaired) electrons. The summed E-state index contributed by atoms with van der Waals surface area (Å²) in [6.45, 7) is 6.95. The molecular formula is C12H19BrO5. The van der Waals surface area contributed by atoms with Gasteiger partial charge in [-0.15, -0.1) is 0 Å². The Kier molecular flexibility index (Phi) is 5.59. The van der Waals surface area contributed by atoms with Crippen LogP contribution < -0.4 is 0 Å². The van der Waals surface area contributed by atoms with Gasteiger partial charge in [0.15, 0.2) is 0 Å². The maximum Gasteiger partial charge on any atom is 0.303 e. The smallest absolute Gasteiger partial charge is 0.303 e. The Morgan fingerprint density at radius 2 is 1.78 bits per heavy atom. The normalized spacial score (nSPS) is 35.9. The van der Waals surface area contributed by atoms with Crippen LogP contribution in [0.25, 0.3) is 0 Å². The van der Waals surface area contributed by atoms with Gasteiger partial charge in [0.05, 0.1) is 6.10 Å².